The van der Waals surface area contributed by atoms with Crippen molar-refractivity contribution in [1.82, 2.24) is 0 Å². The van der Waals surface area contributed by atoms with Gasteiger partial charge in [-0.25, -0.2) is 0 Å². The van der Waals surface area contributed by atoms with E-state index in [0.29, 0.717) is 5.92 Å². The second-order valence-corrected chi connectivity index (χ2v) is 4.78. The zero-order chi connectivity index (χ0) is 11.0. The molecule has 0 aromatic heterocycles. The molecule has 0 nitrogen and oxygen atoms in total. The van der Waals surface area contributed by atoms with E-state index in [-0.39, 0.29) is 0 Å². The van der Waals surface area contributed by atoms with Crippen molar-refractivity contribution in [3.05, 3.63) is 70.2 Å². The van der Waals surface area contributed by atoms with E-state index in [1.807, 2.05) is 12.1 Å². The molecule has 1 unspecified atom stereocenters. The van der Waals surface area contributed by atoms with Gasteiger partial charge in [-0.3, -0.25) is 0 Å². The van der Waals surface area contributed by atoms with Crippen LogP contribution in [0.25, 0.3) is 0 Å². The summed E-state index contributed by atoms with van der Waals surface area (Å²) in [7, 11) is 0. The number of fused-ring (bicyclic) bond motifs is 1. The molecule has 0 saturated heterocycles. The summed E-state index contributed by atoms with van der Waals surface area (Å²) in [6, 6.07) is 17.0. The van der Waals surface area contributed by atoms with Gasteiger partial charge in [0.2, 0.25) is 0 Å². The Bertz CT molecular complexity index is 516. The van der Waals surface area contributed by atoms with Crippen LogP contribution < -0.4 is 0 Å². The molecule has 3 rings (SSSR count). The first-order valence-electron chi connectivity index (χ1n) is 5.68. The SMILES string of the molecule is Clc1cccc(C2CCc3ccccc32)c1. The Labute approximate surface area is 101 Å². The second-order valence-electron chi connectivity index (χ2n) is 4.35. The van der Waals surface area contributed by atoms with Crippen molar-refractivity contribution in [1.29, 1.82) is 0 Å². The molecule has 16 heavy (non-hydrogen) atoms. The lowest BCUT2D eigenvalue weighted by molar-refractivity contribution is 0.788. The second kappa shape index (κ2) is 3.95. The summed E-state index contributed by atoms with van der Waals surface area (Å²) in [5.41, 5.74) is 4.31. The van der Waals surface area contributed by atoms with Crippen LogP contribution in [0.1, 0.15) is 29.0 Å². The van der Waals surface area contributed by atoms with E-state index in [1.54, 1.807) is 0 Å². The zero-order valence-electron chi connectivity index (χ0n) is 8.99. The van der Waals surface area contributed by atoms with Crippen molar-refractivity contribution in [2.75, 3.05) is 0 Å². The van der Waals surface area contributed by atoms with Crippen LogP contribution in [-0.2, 0) is 6.42 Å². The molecule has 1 aliphatic carbocycles. The van der Waals surface area contributed by atoms with Gasteiger partial charge in [0.1, 0.15) is 0 Å². The highest BCUT2D eigenvalue weighted by Gasteiger charge is 2.23. The van der Waals surface area contributed by atoms with Crippen LogP contribution in [0.4, 0.5) is 0 Å². The maximum absolute atomic E-state index is 6.05. The molecule has 0 fully saturated rings. The average Bonchev–Trinajstić information content (AvgIpc) is 2.72. The van der Waals surface area contributed by atoms with Gasteiger partial charge in [-0.2, -0.15) is 0 Å². The number of hydrogen-bond donors (Lipinski definition) is 0. The van der Waals surface area contributed by atoms with Crippen LogP contribution >= 0.6 is 11.6 Å². The number of hydrogen-bond acceptors (Lipinski definition) is 0. The lowest BCUT2D eigenvalue weighted by Gasteiger charge is -2.12. The Morgan fingerprint density at radius 3 is 2.75 bits per heavy atom. The highest BCUT2D eigenvalue weighted by Crippen LogP contribution is 2.38. The van der Waals surface area contributed by atoms with Crippen molar-refractivity contribution in [2.24, 2.45) is 0 Å². The van der Waals surface area contributed by atoms with E-state index in [4.69, 9.17) is 11.6 Å². The molecular weight excluding hydrogens is 216 g/mol. The fourth-order valence-electron chi connectivity index (χ4n) is 2.63. The van der Waals surface area contributed by atoms with E-state index >= 15 is 0 Å². The van der Waals surface area contributed by atoms with E-state index in [9.17, 15) is 0 Å². The molecule has 80 valence electrons. The third-order valence-electron chi connectivity index (χ3n) is 3.38. The Hall–Kier alpha value is -1.27. The molecule has 0 heterocycles. The maximum Gasteiger partial charge on any atom is 0.0408 e. The summed E-state index contributed by atoms with van der Waals surface area (Å²) in [6.07, 6.45) is 2.40. The van der Waals surface area contributed by atoms with Gasteiger partial charge in [0.05, 0.1) is 0 Å². The molecule has 0 radical (unpaired) electrons. The lowest BCUT2D eigenvalue weighted by atomic mass is 9.93. The highest BCUT2D eigenvalue weighted by molar-refractivity contribution is 6.30. The number of rotatable bonds is 1. The van der Waals surface area contributed by atoms with Gasteiger partial charge in [-0.15, -0.1) is 0 Å². The molecular formula is C15H13Cl. The smallest absolute Gasteiger partial charge is 0.0408 e. The Kier molecular flexibility index (Phi) is 2.45. The van der Waals surface area contributed by atoms with Crippen molar-refractivity contribution >= 4 is 11.6 Å². The number of benzene rings is 2. The molecule has 1 atom stereocenters. The van der Waals surface area contributed by atoms with Crippen molar-refractivity contribution in [2.45, 2.75) is 18.8 Å². The van der Waals surface area contributed by atoms with Crippen LogP contribution in [0.3, 0.4) is 0 Å². The van der Waals surface area contributed by atoms with Crippen molar-refractivity contribution in [3.8, 4) is 0 Å². The van der Waals surface area contributed by atoms with E-state index < -0.39 is 0 Å². The Balaban J connectivity index is 2.05. The van der Waals surface area contributed by atoms with Gasteiger partial charge in [-0.05, 0) is 41.7 Å². The van der Waals surface area contributed by atoms with Gasteiger partial charge < -0.3 is 0 Å². The fourth-order valence-corrected chi connectivity index (χ4v) is 2.83. The summed E-state index contributed by atoms with van der Waals surface area (Å²) < 4.78 is 0. The molecule has 0 aliphatic heterocycles. The minimum Gasteiger partial charge on any atom is -0.0843 e. The molecule has 0 spiro atoms. The largest absolute Gasteiger partial charge is 0.0843 e. The third kappa shape index (κ3) is 1.64. The quantitative estimate of drug-likeness (QED) is 0.678. The van der Waals surface area contributed by atoms with Crippen LogP contribution in [0.15, 0.2) is 48.5 Å². The third-order valence-corrected chi connectivity index (χ3v) is 3.62. The minimum absolute atomic E-state index is 0.537. The molecule has 2 aromatic carbocycles. The molecule has 0 N–H and O–H groups in total. The fraction of sp³-hybridized carbons (Fsp3) is 0.200. The lowest BCUT2D eigenvalue weighted by Crippen LogP contribution is -1.95. The average molecular weight is 229 g/mol. The summed E-state index contributed by atoms with van der Waals surface area (Å²) in [5, 5.41) is 0.835. The maximum atomic E-state index is 6.05. The summed E-state index contributed by atoms with van der Waals surface area (Å²) in [4.78, 5) is 0. The van der Waals surface area contributed by atoms with Gasteiger partial charge in [0.15, 0.2) is 0 Å². The van der Waals surface area contributed by atoms with Gasteiger partial charge >= 0.3 is 0 Å². The zero-order valence-corrected chi connectivity index (χ0v) is 9.74. The van der Waals surface area contributed by atoms with Crippen LogP contribution in [0, 0.1) is 0 Å². The number of aryl methyl sites for hydroxylation is 1. The van der Waals surface area contributed by atoms with Gasteiger partial charge in [-0.1, -0.05) is 48.0 Å². The standard InChI is InChI=1S/C15H13Cl/c16-13-6-3-5-12(10-13)15-9-8-11-4-1-2-7-14(11)15/h1-7,10,15H,8-9H2. The number of halogens is 1. The van der Waals surface area contributed by atoms with Crippen LogP contribution in [0.5, 0.6) is 0 Å². The molecule has 1 aliphatic rings. The van der Waals surface area contributed by atoms with Crippen LogP contribution in [-0.4, -0.2) is 0 Å². The first-order chi connectivity index (χ1) is 7.84. The molecule has 0 saturated carbocycles. The summed E-state index contributed by atoms with van der Waals surface area (Å²) in [5.74, 6) is 0.537. The van der Waals surface area contributed by atoms with Crippen molar-refractivity contribution in [3.63, 3.8) is 0 Å². The normalized spacial score (nSPS) is 18.4. The Morgan fingerprint density at radius 2 is 1.88 bits per heavy atom. The first kappa shape index (κ1) is 9.92. The molecule has 2 aromatic rings. The molecule has 0 amide bonds. The van der Waals surface area contributed by atoms with E-state index in [1.165, 1.54) is 29.5 Å². The monoisotopic (exact) mass is 228 g/mol. The predicted octanol–water partition coefficient (Wildman–Crippen LogP) is 4.42. The predicted molar refractivity (Wildman–Crippen MR) is 68.1 cm³/mol. The summed E-state index contributed by atoms with van der Waals surface area (Å²) >= 11 is 6.05. The van der Waals surface area contributed by atoms with Crippen LogP contribution in [0.2, 0.25) is 5.02 Å². The van der Waals surface area contributed by atoms with E-state index in [2.05, 4.69) is 36.4 Å². The highest BCUT2D eigenvalue weighted by atomic mass is 35.5. The van der Waals surface area contributed by atoms with Gasteiger partial charge in [0, 0.05) is 10.9 Å². The van der Waals surface area contributed by atoms with Gasteiger partial charge in [0.25, 0.3) is 0 Å². The first-order valence-corrected chi connectivity index (χ1v) is 6.05. The molecule has 1 heteroatoms. The molecule has 0 bridgehead atoms. The van der Waals surface area contributed by atoms with Crippen molar-refractivity contribution < 1.29 is 0 Å². The summed E-state index contributed by atoms with van der Waals surface area (Å²) in [6.45, 7) is 0. The Morgan fingerprint density at radius 1 is 1.00 bits per heavy atom. The topological polar surface area (TPSA) is 0 Å². The minimum atomic E-state index is 0.537. The van der Waals surface area contributed by atoms with E-state index in [0.717, 1.165) is 5.02 Å².